The summed E-state index contributed by atoms with van der Waals surface area (Å²) in [5.74, 6) is -0.0719. The van der Waals surface area contributed by atoms with Gasteiger partial charge in [0.2, 0.25) is 5.91 Å². The molecule has 0 radical (unpaired) electrons. The van der Waals surface area contributed by atoms with Gasteiger partial charge in [0.1, 0.15) is 6.61 Å². The van der Waals surface area contributed by atoms with Gasteiger partial charge in [0.25, 0.3) is 0 Å². The molecule has 4 nitrogen and oxygen atoms in total. The summed E-state index contributed by atoms with van der Waals surface area (Å²) >= 11 is 0. The number of fused-ring (bicyclic) bond motifs is 1. The molecule has 1 unspecified atom stereocenters. The first-order valence-electron chi connectivity index (χ1n) is 5.88. The molecule has 0 saturated carbocycles. The van der Waals surface area contributed by atoms with Crippen molar-refractivity contribution in [1.82, 2.24) is 10.6 Å². The van der Waals surface area contributed by atoms with Gasteiger partial charge in [-0.2, -0.15) is 0 Å². The highest BCUT2D eigenvalue weighted by atomic mass is 35.5. The molecule has 1 heterocycles. The van der Waals surface area contributed by atoms with Crippen LogP contribution in [0.5, 0.6) is 0 Å². The lowest BCUT2D eigenvalue weighted by Crippen LogP contribution is -2.39. The molecule has 0 spiro atoms. The van der Waals surface area contributed by atoms with Crippen molar-refractivity contribution in [2.45, 2.75) is 12.5 Å². The molecule has 0 fully saturated rings. The van der Waals surface area contributed by atoms with Gasteiger partial charge in [-0.25, -0.2) is 0 Å². The van der Waals surface area contributed by atoms with Gasteiger partial charge < -0.3 is 15.4 Å². The number of rotatable bonds is 4. The number of amides is 1. The van der Waals surface area contributed by atoms with Gasteiger partial charge in [-0.05, 0) is 24.1 Å². The third-order valence-electron chi connectivity index (χ3n) is 2.99. The van der Waals surface area contributed by atoms with Crippen molar-refractivity contribution in [1.29, 1.82) is 0 Å². The molecule has 1 atom stereocenters. The van der Waals surface area contributed by atoms with Crippen LogP contribution < -0.4 is 10.6 Å². The zero-order chi connectivity index (χ0) is 12.1. The molecule has 0 saturated heterocycles. The smallest absolute Gasteiger partial charge is 0.246 e. The first kappa shape index (κ1) is 15.0. The minimum absolute atomic E-state index is 0. The molecule has 2 N–H and O–H groups in total. The normalized spacial score (nSPS) is 17.5. The zero-order valence-corrected chi connectivity index (χ0v) is 11.3. The molecule has 1 aromatic rings. The number of carbonyl (C=O) groups excluding carboxylic acids is 1. The number of hydrogen-bond donors (Lipinski definition) is 2. The van der Waals surface area contributed by atoms with Crippen molar-refractivity contribution in [3.63, 3.8) is 0 Å². The van der Waals surface area contributed by atoms with Crippen molar-refractivity contribution in [3.8, 4) is 0 Å². The van der Waals surface area contributed by atoms with E-state index in [0.29, 0.717) is 6.54 Å². The summed E-state index contributed by atoms with van der Waals surface area (Å²) in [4.78, 5) is 11.3. The second-order valence-electron chi connectivity index (χ2n) is 4.19. The Hall–Kier alpha value is -1.10. The second-order valence-corrected chi connectivity index (χ2v) is 4.19. The lowest BCUT2D eigenvalue weighted by atomic mass is 9.94. The predicted octanol–water partition coefficient (Wildman–Crippen LogP) is 1.06. The monoisotopic (exact) mass is 270 g/mol. The van der Waals surface area contributed by atoms with E-state index in [1.165, 1.54) is 18.2 Å². The van der Waals surface area contributed by atoms with Gasteiger partial charge in [-0.1, -0.05) is 24.3 Å². The third kappa shape index (κ3) is 3.70. The number of methoxy groups -OCH3 is 1. The Labute approximate surface area is 114 Å². The zero-order valence-electron chi connectivity index (χ0n) is 10.4. The average Bonchev–Trinajstić information content (AvgIpc) is 2.36. The summed E-state index contributed by atoms with van der Waals surface area (Å²) < 4.78 is 4.78. The van der Waals surface area contributed by atoms with Crippen LogP contribution in [-0.2, 0) is 16.0 Å². The average molecular weight is 271 g/mol. The Morgan fingerprint density at radius 2 is 2.28 bits per heavy atom. The predicted molar refractivity (Wildman–Crippen MR) is 73.0 cm³/mol. The van der Waals surface area contributed by atoms with Crippen LogP contribution >= 0.6 is 12.4 Å². The van der Waals surface area contributed by atoms with Crippen LogP contribution in [-0.4, -0.2) is 32.7 Å². The topological polar surface area (TPSA) is 50.4 Å². The summed E-state index contributed by atoms with van der Waals surface area (Å²) in [7, 11) is 1.52. The van der Waals surface area contributed by atoms with Gasteiger partial charge in [0.15, 0.2) is 0 Å². The molecule has 1 amide bonds. The molecular formula is C13H19ClN2O2. The third-order valence-corrected chi connectivity index (χ3v) is 2.99. The van der Waals surface area contributed by atoms with Crippen molar-refractivity contribution < 1.29 is 9.53 Å². The van der Waals surface area contributed by atoms with E-state index < -0.39 is 0 Å². The summed E-state index contributed by atoms with van der Waals surface area (Å²) in [6.07, 6.45) is 1.05. The Morgan fingerprint density at radius 1 is 1.50 bits per heavy atom. The van der Waals surface area contributed by atoms with Gasteiger partial charge in [0, 0.05) is 19.7 Å². The van der Waals surface area contributed by atoms with Crippen LogP contribution in [0.2, 0.25) is 0 Å². The molecule has 1 aliphatic heterocycles. The molecule has 2 rings (SSSR count). The SMILES string of the molecule is COCC(=O)NCC1NCCc2ccccc21.Cl. The van der Waals surface area contributed by atoms with Gasteiger partial charge >= 0.3 is 0 Å². The number of benzene rings is 1. The molecule has 0 aliphatic carbocycles. The van der Waals surface area contributed by atoms with Crippen LogP contribution in [0.15, 0.2) is 24.3 Å². The number of hydrogen-bond acceptors (Lipinski definition) is 3. The van der Waals surface area contributed by atoms with E-state index in [1.54, 1.807) is 0 Å². The first-order valence-corrected chi connectivity index (χ1v) is 5.88. The largest absolute Gasteiger partial charge is 0.375 e. The van der Waals surface area contributed by atoms with Crippen LogP contribution in [0.25, 0.3) is 0 Å². The van der Waals surface area contributed by atoms with Gasteiger partial charge in [-0.15, -0.1) is 12.4 Å². The molecule has 1 aromatic carbocycles. The van der Waals surface area contributed by atoms with Crippen LogP contribution in [0, 0.1) is 0 Å². The fraction of sp³-hybridized carbons (Fsp3) is 0.462. The molecule has 100 valence electrons. The second kappa shape index (κ2) is 7.36. The van der Waals surface area contributed by atoms with E-state index in [0.717, 1.165) is 13.0 Å². The molecule has 18 heavy (non-hydrogen) atoms. The summed E-state index contributed by atoms with van der Waals surface area (Å²) in [6.45, 7) is 1.69. The minimum atomic E-state index is -0.0719. The van der Waals surface area contributed by atoms with E-state index in [9.17, 15) is 4.79 Å². The molecule has 1 aliphatic rings. The highest BCUT2D eigenvalue weighted by Crippen LogP contribution is 2.21. The summed E-state index contributed by atoms with van der Waals surface area (Å²) in [5, 5.41) is 6.28. The number of carbonyl (C=O) groups is 1. The van der Waals surface area contributed by atoms with Crippen molar-refractivity contribution in [2.75, 3.05) is 26.8 Å². The maximum absolute atomic E-state index is 11.3. The molecule has 0 bridgehead atoms. The van der Waals surface area contributed by atoms with Crippen LogP contribution in [0.1, 0.15) is 17.2 Å². The fourth-order valence-electron chi connectivity index (χ4n) is 2.17. The minimum Gasteiger partial charge on any atom is -0.375 e. The standard InChI is InChI=1S/C13H18N2O2.ClH/c1-17-9-13(16)15-8-12-11-5-3-2-4-10(11)6-7-14-12;/h2-5,12,14H,6-9H2,1H3,(H,15,16);1H. The highest BCUT2D eigenvalue weighted by Gasteiger charge is 2.19. The molecule has 5 heteroatoms. The van der Waals surface area contributed by atoms with E-state index in [2.05, 4.69) is 28.8 Å². The van der Waals surface area contributed by atoms with E-state index in [4.69, 9.17) is 4.74 Å². The van der Waals surface area contributed by atoms with Crippen molar-refractivity contribution in [3.05, 3.63) is 35.4 Å². The molecule has 0 aromatic heterocycles. The van der Waals surface area contributed by atoms with Crippen molar-refractivity contribution >= 4 is 18.3 Å². The van der Waals surface area contributed by atoms with Gasteiger partial charge in [-0.3, -0.25) is 4.79 Å². The number of halogens is 1. The van der Waals surface area contributed by atoms with Crippen LogP contribution in [0.3, 0.4) is 0 Å². The Balaban J connectivity index is 0.00000162. The lowest BCUT2D eigenvalue weighted by Gasteiger charge is -2.27. The number of nitrogens with one attached hydrogen (secondary N) is 2. The van der Waals surface area contributed by atoms with Gasteiger partial charge in [0.05, 0.1) is 0 Å². The summed E-state index contributed by atoms with van der Waals surface area (Å²) in [5.41, 5.74) is 2.66. The van der Waals surface area contributed by atoms with Crippen molar-refractivity contribution in [2.24, 2.45) is 0 Å². The molecular weight excluding hydrogens is 252 g/mol. The lowest BCUT2D eigenvalue weighted by molar-refractivity contribution is -0.124. The highest BCUT2D eigenvalue weighted by molar-refractivity contribution is 5.85. The van der Waals surface area contributed by atoms with E-state index >= 15 is 0 Å². The number of ether oxygens (including phenoxy) is 1. The fourth-order valence-corrected chi connectivity index (χ4v) is 2.17. The van der Waals surface area contributed by atoms with E-state index in [1.807, 2.05) is 6.07 Å². The Morgan fingerprint density at radius 3 is 3.06 bits per heavy atom. The van der Waals surface area contributed by atoms with E-state index in [-0.39, 0.29) is 31.0 Å². The maximum Gasteiger partial charge on any atom is 0.246 e. The Bertz CT molecular complexity index is 398. The quantitative estimate of drug-likeness (QED) is 0.860. The summed E-state index contributed by atoms with van der Waals surface area (Å²) in [6, 6.07) is 8.58. The maximum atomic E-state index is 11.3. The first-order chi connectivity index (χ1) is 8.31. The van der Waals surface area contributed by atoms with Crippen LogP contribution in [0.4, 0.5) is 0 Å². The Kier molecular flexibility index (Phi) is 6.12.